The Morgan fingerprint density at radius 3 is 2.96 bits per heavy atom. The summed E-state index contributed by atoms with van der Waals surface area (Å²) in [6, 6.07) is 5.79. The molecule has 0 spiro atoms. The first-order chi connectivity index (χ1) is 13.0. The molecular formula is C19H25N3O4S. The summed E-state index contributed by atoms with van der Waals surface area (Å²) in [6.07, 6.45) is 1.59. The molecule has 8 heteroatoms. The van der Waals surface area contributed by atoms with Crippen LogP contribution in [0.15, 0.2) is 18.2 Å². The van der Waals surface area contributed by atoms with Crippen LogP contribution in [0.2, 0.25) is 0 Å². The fourth-order valence-corrected chi connectivity index (χ4v) is 4.21. The van der Waals surface area contributed by atoms with Crippen molar-refractivity contribution >= 4 is 38.6 Å². The number of nitrogens with zero attached hydrogens (tertiary/aromatic N) is 3. The van der Waals surface area contributed by atoms with Crippen molar-refractivity contribution in [1.82, 2.24) is 9.88 Å². The van der Waals surface area contributed by atoms with Crippen LogP contribution < -0.4 is 9.64 Å². The molecule has 0 bridgehead atoms. The van der Waals surface area contributed by atoms with Gasteiger partial charge in [-0.2, -0.15) is 0 Å². The van der Waals surface area contributed by atoms with Crippen LogP contribution in [0.1, 0.15) is 19.8 Å². The molecule has 1 aliphatic heterocycles. The number of piperidine rings is 1. The number of esters is 1. The number of carbonyl (C=O) groups excluding carboxylic acids is 2. The number of fused-ring (bicyclic) bond motifs is 1. The minimum Gasteiger partial charge on any atom is -0.494 e. The molecule has 2 heterocycles. The van der Waals surface area contributed by atoms with Gasteiger partial charge in [-0.3, -0.25) is 9.59 Å². The second kappa shape index (κ2) is 8.56. The van der Waals surface area contributed by atoms with Crippen LogP contribution in [0.5, 0.6) is 5.75 Å². The van der Waals surface area contributed by atoms with Crippen LogP contribution in [0, 0.1) is 5.92 Å². The molecule has 0 radical (unpaired) electrons. The molecule has 1 aliphatic rings. The molecule has 0 aliphatic carbocycles. The normalized spacial score (nSPS) is 17.0. The Morgan fingerprint density at radius 1 is 1.41 bits per heavy atom. The molecule has 1 saturated heterocycles. The molecule has 27 heavy (non-hydrogen) atoms. The Hall–Kier alpha value is -2.35. The molecule has 1 amide bonds. The number of likely N-dealkylation sites (N-methyl/N-ethyl adjacent to an activating group) is 1. The minimum atomic E-state index is -0.223. The van der Waals surface area contributed by atoms with E-state index >= 15 is 0 Å². The minimum absolute atomic E-state index is 0.00211. The van der Waals surface area contributed by atoms with Gasteiger partial charge < -0.3 is 19.3 Å². The van der Waals surface area contributed by atoms with Gasteiger partial charge in [0.25, 0.3) is 0 Å². The zero-order valence-electron chi connectivity index (χ0n) is 15.9. The second-order valence-electron chi connectivity index (χ2n) is 6.59. The maximum atomic E-state index is 12.7. The van der Waals surface area contributed by atoms with Gasteiger partial charge in [-0.05, 0) is 31.9 Å². The summed E-state index contributed by atoms with van der Waals surface area (Å²) in [5.41, 5.74) is 0.805. The molecular weight excluding hydrogens is 366 g/mol. The number of anilines is 1. The van der Waals surface area contributed by atoms with Crippen LogP contribution in [0.3, 0.4) is 0 Å². The van der Waals surface area contributed by atoms with E-state index < -0.39 is 0 Å². The van der Waals surface area contributed by atoms with Crippen molar-refractivity contribution in [2.45, 2.75) is 19.8 Å². The van der Waals surface area contributed by atoms with E-state index in [1.165, 1.54) is 11.3 Å². The van der Waals surface area contributed by atoms with Gasteiger partial charge in [0.2, 0.25) is 5.91 Å². The lowest BCUT2D eigenvalue weighted by atomic mass is 9.98. The van der Waals surface area contributed by atoms with Crippen LogP contribution in [-0.2, 0) is 14.3 Å². The molecule has 1 fully saturated rings. The number of rotatable bonds is 6. The topological polar surface area (TPSA) is 72.0 Å². The van der Waals surface area contributed by atoms with Gasteiger partial charge in [0.15, 0.2) is 5.13 Å². The van der Waals surface area contributed by atoms with Crippen molar-refractivity contribution in [2.24, 2.45) is 5.92 Å². The molecule has 146 valence electrons. The van der Waals surface area contributed by atoms with E-state index in [1.54, 1.807) is 18.9 Å². The first kappa shape index (κ1) is 19.4. The lowest BCUT2D eigenvalue weighted by molar-refractivity contribution is -0.151. The Kier molecular flexibility index (Phi) is 6.15. The average Bonchev–Trinajstić information content (AvgIpc) is 3.12. The van der Waals surface area contributed by atoms with Gasteiger partial charge in [-0.15, -0.1) is 0 Å². The van der Waals surface area contributed by atoms with E-state index in [2.05, 4.69) is 4.98 Å². The SMILES string of the molecule is CCOC(=O)C1CCCN(C(=O)CN(C)c2nc3c(OC)cccc3s2)C1. The van der Waals surface area contributed by atoms with E-state index in [1.807, 2.05) is 30.1 Å². The smallest absolute Gasteiger partial charge is 0.310 e. The number of ether oxygens (including phenoxy) is 2. The number of thiazole rings is 1. The first-order valence-corrected chi connectivity index (χ1v) is 9.94. The highest BCUT2D eigenvalue weighted by Crippen LogP contribution is 2.33. The summed E-state index contributed by atoms with van der Waals surface area (Å²) in [4.78, 5) is 32.9. The van der Waals surface area contributed by atoms with Gasteiger partial charge in [-0.25, -0.2) is 4.98 Å². The number of methoxy groups -OCH3 is 1. The van der Waals surface area contributed by atoms with E-state index in [0.29, 0.717) is 19.7 Å². The van der Waals surface area contributed by atoms with Crippen molar-refractivity contribution < 1.29 is 19.1 Å². The third-order valence-corrected chi connectivity index (χ3v) is 5.82. The first-order valence-electron chi connectivity index (χ1n) is 9.12. The fourth-order valence-electron chi connectivity index (χ4n) is 3.27. The number of carbonyl (C=O) groups is 2. The molecule has 7 nitrogen and oxygen atoms in total. The Bertz CT molecular complexity index is 822. The van der Waals surface area contributed by atoms with E-state index in [0.717, 1.165) is 33.9 Å². The third-order valence-electron chi connectivity index (χ3n) is 4.68. The molecule has 3 rings (SSSR count). The second-order valence-corrected chi connectivity index (χ2v) is 7.60. The molecule has 1 atom stereocenters. The summed E-state index contributed by atoms with van der Waals surface area (Å²) in [6.45, 7) is 3.49. The summed E-state index contributed by atoms with van der Waals surface area (Å²) >= 11 is 1.53. The van der Waals surface area contributed by atoms with E-state index in [4.69, 9.17) is 9.47 Å². The number of amides is 1. The molecule has 2 aromatic rings. The Morgan fingerprint density at radius 2 is 2.22 bits per heavy atom. The number of likely N-dealkylation sites (tertiary alicyclic amines) is 1. The van der Waals surface area contributed by atoms with Crippen molar-refractivity contribution in [3.8, 4) is 5.75 Å². The highest BCUT2D eigenvalue weighted by Gasteiger charge is 2.29. The predicted octanol–water partition coefficient (Wildman–Crippen LogP) is 2.54. The van der Waals surface area contributed by atoms with Gasteiger partial charge in [-0.1, -0.05) is 17.4 Å². The van der Waals surface area contributed by atoms with E-state index in [-0.39, 0.29) is 24.3 Å². The summed E-state index contributed by atoms with van der Waals surface area (Å²) in [5, 5.41) is 0.766. The number of aromatic nitrogens is 1. The number of benzene rings is 1. The van der Waals surface area contributed by atoms with Crippen LogP contribution in [-0.4, -0.2) is 62.2 Å². The summed E-state index contributed by atoms with van der Waals surface area (Å²) in [7, 11) is 3.48. The average molecular weight is 391 g/mol. The van der Waals surface area contributed by atoms with Crippen molar-refractivity contribution in [1.29, 1.82) is 0 Å². The fraction of sp³-hybridized carbons (Fsp3) is 0.526. The molecule has 0 saturated carbocycles. The summed E-state index contributed by atoms with van der Waals surface area (Å²) < 4.78 is 11.5. The molecule has 0 N–H and O–H groups in total. The maximum Gasteiger partial charge on any atom is 0.310 e. The molecule has 1 unspecified atom stereocenters. The lowest BCUT2D eigenvalue weighted by Gasteiger charge is -2.32. The summed E-state index contributed by atoms with van der Waals surface area (Å²) in [5.74, 6) is 0.294. The largest absolute Gasteiger partial charge is 0.494 e. The number of hydrogen-bond donors (Lipinski definition) is 0. The van der Waals surface area contributed by atoms with E-state index in [9.17, 15) is 9.59 Å². The van der Waals surface area contributed by atoms with Gasteiger partial charge >= 0.3 is 5.97 Å². The monoisotopic (exact) mass is 391 g/mol. The standard InChI is InChI=1S/C19H25N3O4S/c1-4-26-18(24)13-7-6-10-22(11-13)16(23)12-21(2)19-20-17-14(25-3)8-5-9-15(17)27-19/h5,8-9,13H,4,6-7,10-12H2,1-3H3. The number of para-hydroxylation sites is 1. The maximum absolute atomic E-state index is 12.7. The third kappa shape index (κ3) is 4.32. The van der Waals surface area contributed by atoms with Crippen molar-refractivity contribution in [3.05, 3.63) is 18.2 Å². The van der Waals surface area contributed by atoms with Crippen LogP contribution >= 0.6 is 11.3 Å². The highest BCUT2D eigenvalue weighted by atomic mass is 32.1. The Balaban J connectivity index is 1.66. The van der Waals surface area contributed by atoms with Crippen molar-refractivity contribution in [2.75, 3.05) is 45.3 Å². The van der Waals surface area contributed by atoms with Gasteiger partial charge in [0, 0.05) is 20.1 Å². The lowest BCUT2D eigenvalue weighted by Crippen LogP contribution is -2.46. The van der Waals surface area contributed by atoms with Gasteiger partial charge in [0.05, 0.1) is 30.9 Å². The van der Waals surface area contributed by atoms with Crippen LogP contribution in [0.4, 0.5) is 5.13 Å². The molecule has 1 aromatic carbocycles. The number of hydrogen-bond acceptors (Lipinski definition) is 7. The molecule has 1 aromatic heterocycles. The zero-order chi connectivity index (χ0) is 19.4. The van der Waals surface area contributed by atoms with Crippen molar-refractivity contribution in [3.63, 3.8) is 0 Å². The van der Waals surface area contributed by atoms with Gasteiger partial charge in [0.1, 0.15) is 11.3 Å². The highest BCUT2D eigenvalue weighted by molar-refractivity contribution is 7.22. The van der Waals surface area contributed by atoms with Crippen LogP contribution in [0.25, 0.3) is 10.2 Å². The quantitative estimate of drug-likeness (QED) is 0.705. The Labute approximate surface area is 162 Å². The zero-order valence-corrected chi connectivity index (χ0v) is 16.8. The predicted molar refractivity (Wildman–Crippen MR) is 105 cm³/mol.